The van der Waals surface area contributed by atoms with Crippen LogP contribution in [0.4, 0.5) is 0 Å². The minimum Gasteiger partial charge on any atom is -0.497 e. The maximum Gasteiger partial charge on any atom is 0.119 e. The number of benzene rings is 1. The van der Waals surface area contributed by atoms with E-state index in [0.29, 0.717) is 6.04 Å². The maximum absolute atomic E-state index is 5.82. The van der Waals surface area contributed by atoms with Gasteiger partial charge < -0.3 is 15.2 Å². The molecule has 0 radical (unpaired) electrons. The summed E-state index contributed by atoms with van der Waals surface area (Å²) in [6.45, 7) is 0. The van der Waals surface area contributed by atoms with Gasteiger partial charge in [-0.05, 0) is 43.5 Å². The van der Waals surface area contributed by atoms with E-state index < -0.39 is 0 Å². The highest BCUT2D eigenvalue weighted by Gasteiger charge is 2.22. The summed E-state index contributed by atoms with van der Waals surface area (Å²) in [5.41, 5.74) is 5.82. The van der Waals surface area contributed by atoms with Gasteiger partial charge in [-0.25, -0.2) is 0 Å². The van der Waals surface area contributed by atoms with Gasteiger partial charge in [0.2, 0.25) is 0 Å². The second-order valence-electron chi connectivity index (χ2n) is 3.99. The monoisotopic (exact) mass is 207 g/mol. The highest BCUT2D eigenvalue weighted by molar-refractivity contribution is 5.31. The number of methoxy groups -OCH3 is 1. The molecule has 2 N–H and O–H groups in total. The fraction of sp³-hybridized carbons (Fsp3) is 0.500. The Kier molecular flexibility index (Phi) is 3.11. The number of hydrogen-bond acceptors (Lipinski definition) is 3. The van der Waals surface area contributed by atoms with Crippen molar-refractivity contribution in [1.29, 1.82) is 0 Å². The first-order valence-corrected chi connectivity index (χ1v) is 5.34. The van der Waals surface area contributed by atoms with Gasteiger partial charge in [0, 0.05) is 6.04 Å². The fourth-order valence-corrected chi connectivity index (χ4v) is 1.93. The third-order valence-corrected chi connectivity index (χ3v) is 2.79. The van der Waals surface area contributed by atoms with Crippen molar-refractivity contribution in [3.8, 4) is 11.5 Å². The van der Waals surface area contributed by atoms with Crippen molar-refractivity contribution >= 4 is 0 Å². The molecule has 82 valence electrons. The van der Waals surface area contributed by atoms with Crippen LogP contribution in [0, 0.1) is 0 Å². The van der Waals surface area contributed by atoms with Gasteiger partial charge in [-0.1, -0.05) is 0 Å². The molecule has 0 saturated heterocycles. The van der Waals surface area contributed by atoms with Gasteiger partial charge in [-0.2, -0.15) is 0 Å². The van der Waals surface area contributed by atoms with E-state index in [0.717, 1.165) is 30.8 Å². The minimum atomic E-state index is 0.286. The van der Waals surface area contributed by atoms with E-state index in [1.807, 2.05) is 24.3 Å². The van der Waals surface area contributed by atoms with Crippen LogP contribution in [0.2, 0.25) is 0 Å². The Hall–Kier alpha value is -1.22. The molecule has 15 heavy (non-hydrogen) atoms. The fourth-order valence-electron chi connectivity index (χ4n) is 1.93. The van der Waals surface area contributed by atoms with Gasteiger partial charge in [0.1, 0.15) is 17.6 Å². The molecule has 2 rings (SSSR count). The van der Waals surface area contributed by atoms with Crippen molar-refractivity contribution in [3.63, 3.8) is 0 Å². The molecule has 1 aliphatic rings. The number of rotatable bonds is 3. The summed E-state index contributed by atoms with van der Waals surface area (Å²) in [5.74, 6) is 1.75. The Morgan fingerprint density at radius 1 is 1.13 bits per heavy atom. The average Bonchev–Trinajstić information content (AvgIpc) is 2.65. The molecule has 2 unspecified atom stereocenters. The van der Waals surface area contributed by atoms with Crippen LogP contribution in [0.25, 0.3) is 0 Å². The molecule has 2 atom stereocenters. The van der Waals surface area contributed by atoms with E-state index in [2.05, 4.69) is 0 Å². The molecule has 0 spiro atoms. The van der Waals surface area contributed by atoms with Gasteiger partial charge in [-0.15, -0.1) is 0 Å². The summed E-state index contributed by atoms with van der Waals surface area (Å²) in [7, 11) is 1.66. The lowest BCUT2D eigenvalue weighted by atomic mass is 10.2. The molecule has 1 aromatic carbocycles. The molecule has 0 amide bonds. The highest BCUT2D eigenvalue weighted by atomic mass is 16.5. The molecule has 3 heteroatoms. The summed E-state index contributed by atoms with van der Waals surface area (Å²) >= 11 is 0. The zero-order valence-corrected chi connectivity index (χ0v) is 8.98. The third kappa shape index (κ3) is 2.63. The quantitative estimate of drug-likeness (QED) is 0.824. The van der Waals surface area contributed by atoms with E-state index in [1.165, 1.54) is 0 Å². The van der Waals surface area contributed by atoms with Gasteiger partial charge in [0.15, 0.2) is 0 Å². The van der Waals surface area contributed by atoms with Crippen LogP contribution >= 0.6 is 0 Å². The smallest absolute Gasteiger partial charge is 0.119 e. The molecule has 1 aromatic rings. The Balaban J connectivity index is 1.93. The van der Waals surface area contributed by atoms with E-state index >= 15 is 0 Å². The molecule has 0 aromatic heterocycles. The molecule has 0 bridgehead atoms. The molecule has 1 saturated carbocycles. The van der Waals surface area contributed by atoms with Crippen LogP contribution in [0.1, 0.15) is 19.3 Å². The summed E-state index contributed by atoms with van der Waals surface area (Å²) in [6, 6.07) is 7.99. The van der Waals surface area contributed by atoms with Gasteiger partial charge in [0.25, 0.3) is 0 Å². The SMILES string of the molecule is COc1ccc(OC2CCC(N)C2)cc1. The molecule has 0 heterocycles. The van der Waals surface area contributed by atoms with E-state index in [4.69, 9.17) is 15.2 Å². The predicted octanol–water partition coefficient (Wildman–Crippen LogP) is 1.95. The van der Waals surface area contributed by atoms with Crippen LogP contribution in [0.15, 0.2) is 24.3 Å². The van der Waals surface area contributed by atoms with Crippen molar-refractivity contribution in [2.45, 2.75) is 31.4 Å². The maximum atomic E-state index is 5.82. The Bertz CT molecular complexity index is 310. The van der Waals surface area contributed by atoms with E-state index in [-0.39, 0.29) is 6.10 Å². The Morgan fingerprint density at radius 2 is 1.80 bits per heavy atom. The normalized spacial score (nSPS) is 25.2. The first-order valence-electron chi connectivity index (χ1n) is 5.34. The van der Waals surface area contributed by atoms with Gasteiger partial charge >= 0.3 is 0 Å². The Labute approximate surface area is 90.2 Å². The van der Waals surface area contributed by atoms with Crippen molar-refractivity contribution < 1.29 is 9.47 Å². The molecule has 3 nitrogen and oxygen atoms in total. The first-order chi connectivity index (χ1) is 7.28. The van der Waals surface area contributed by atoms with Crippen molar-refractivity contribution in [2.75, 3.05) is 7.11 Å². The highest BCUT2D eigenvalue weighted by Crippen LogP contribution is 2.24. The van der Waals surface area contributed by atoms with Crippen molar-refractivity contribution in [3.05, 3.63) is 24.3 Å². The number of nitrogens with two attached hydrogens (primary N) is 1. The Morgan fingerprint density at radius 3 is 2.33 bits per heavy atom. The molecular formula is C12H17NO2. The van der Waals surface area contributed by atoms with E-state index in [1.54, 1.807) is 7.11 Å². The minimum absolute atomic E-state index is 0.286. The summed E-state index contributed by atoms with van der Waals surface area (Å²) in [6.07, 6.45) is 3.38. The standard InChI is InChI=1S/C12H17NO2/c1-14-10-4-6-11(7-5-10)15-12-3-2-9(13)8-12/h4-7,9,12H,2-3,8,13H2,1H3. The second-order valence-corrected chi connectivity index (χ2v) is 3.99. The van der Waals surface area contributed by atoms with Crippen molar-refractivity contribution in [2.24, 2.45) is 5.73 Å². The van der Waals surface area contributed by atoms with Crippen molar-refractivity contribution in [1.82, 2.24) is 0 Å². The lowest BCUT2D eigenvalue weighted by Crippen LogP contribution is -2.19. The summed E-state index contributed by atoms with van der Waals surface area (Å²) < 4.78 is 10.9. The number of ether oxygens (including phenoxy) is 2. The summed E-state index contributed by atoms with van der Waals surface area (Å²) in [5, 5.41) is 0. The van der Waals surface area contributed by atoms with Crippen LogP contribution in [0.3, 0.4) is 0 Å². The number of hydrogen-bond donors (Lipinski definition) is 1. The van der Waals surface area contributed by atoms with E-state index in [9.17, 15) is 0 Å². The van der Waals surface area contributed by atoms with Crippen LogP contribution in [-0.4, -0.2) is 19.3 Å². The lowest BCUT2D eigenvalue weighted by Gasteiger charge is -2.13. The molecule has 1 aliphatic carbocycles. The summed E-state index contributed by atoms with van der Waals surface area (Å²) in [4.78, 5) is 0. The second kappa shape index (κ2) is 4.53. The van der Waals surface area contributed by atoms with Crippen LogP contribution in [0.5, 0.6) is 11.5 Å². The first kappa shape index (κ1) is 10.3. The largest absolute Gasteiger partial charge is 0.497 e. The zero-order chi connectivity index (χ0) is 10.7. The van der Waals surface area contributed by atoms with Crippen LogP contribution < -0.4 is 15.2 Å². The average molecular weight is 207 g/mol. The molecular weight excluding hydrogens is 190 g/mol. The molecule has 1 fully saturated rings. The topological polar surface area (TPSA) is 44.5 Å². The zero-order valence-electron chi connectivity index (χ0n) is 8.98. The van der Waals surface area contributed by atoms with Gasteiger partial charge in [-0.3, -0.25) is 0 Å². The third-order valence-electron chi connectivity index (χ3n) is 2.79. The van der Waals surface area contributed by atoms with Gasteiger partial charge in [0.05, 0.1) is 7.11 Å². The van der Waals surface area contributed by atoms with Crippen LogP contribution in [-0.2, 0) is 0 Å². The molecule has 0 aliphatic heterocycles. The lowest BCUT2D eigenvalue weighted by molar-refractivity contribution is 0.208. The predicted molar refractivity (Wildman–Crippen MR) is 59.2 cm³/mol.